The molecule has 0 aliphatic carbocycles. The van der Waals surface area contributed by atoms with Crippen LogP contribution in [0.4, 0.5) is 4.79 Å². The van der Waals surface area contributed by atoms with Crippen LogP contribution in [-0.2, 0) is 17.9 Å². The van der Waals surface area contributed by atoms with Gasteiger partial charge >= 0.3 is 0 Å². The Kier molecular flexibility index (Phi) is 6.89. The summed E-state index contributed by atoms with van der Waals surface area (Å²) in [5, 5.41) is 0.833. The quantitative estimate of drug-likeness (QED) is 0.350. The minimum atomic E-state index is -0.332. The fourth-order valence-electron chi connectivity index (χ4n) is 3.20. The first kappa shape index (κ1) is 22.5. The second-order valence-electron chi connectivity index (χ2n) is 7.35. The Morgan fingerprint density at radius 3 is 2.44 bits per heavy atom. The number of amides is 2. The van der Waals surface area contributed by atoms with Gasteiger partial charge in [0.2, 0.25) is 0 Å². The summed E-state index contributed by atoms with van der Waals surface area (Å²) in [7, 11) is 0. The first-order valence-corrected chi connectivity index (χ1v) is 11.4. The summed E-state index contributed by atoms with van der Waals surface area (Å²) in [5.74, 6) is 0.223. The fourth-order valence-corrected chi connectivity index (χ4v) is 4.43. The number of rotatable bonds is 6. The van der Waals surface area contributed by atoms with Crippen molar-refractivity contribution in [3.8, 4) is 5.75 Å². The van der Waals surface area contributed by atoms with E-state index in [2.05, 4.69) is 0 Å². The van der Waals surface area contributed by atoms with Crippen molar-refractivity contribution in [1.29, 1.82) is 0 Å². The van der Waals surface area contributed by atoms with Crippen molar-refractivity contribution in [2.24, 2.45) is 0 Å². The molecule has 0 radical (unpaired) electrons. The van der Waals surface area contributed by atoms with Crippen molar-refractivity contribution < 1.29 is 14.3 Å². The Labute approximate surface area is 200 Å². The summed E-state index contributed by atoms with van der Waals surface area (Å²) in [5.41, 5.74) is 3.55. The van der Waals surface area contributed by atoms with Crippen LogP contribution in [0.15, 0.2) is 71.6 Å². The Morgan fingerprint density at radius 1 is 0.938 bits per heavy atom. The zero-order valence-electron chi connectivity index (χ0n) is 17.2. The van der Waals surface area contributed by atoms with Crippen molar-refractivity contribution in [3.63, 3.8) is 0 Å². The molecule has 7 heteroatoms. The first-order chi connectivity index (χ1) is 15.4. The molecule has 1 saturated heterocycles. The summed E-state index contributed by atoms with van der Waals surface area (Å²) in [6.07, 6.45) is 1.65. The molecule has 1 aliphatic heterocycles. The highest BCUT2D eigenvalue weighted by Crippen LogP contribution is 2.36. The SMILES string of the molecule is Cc1ccc(CN2C(=O)S/C(=C/c3cc(Cl)ccc3OCc3cccc(Cl)c3)C2=O)cc1. The number of thioether (sulfide) groups is 1. The second kappa shape index (κ2) is 9.82. The maximum absolute atomic E-state index is 12.9. The number of hydrogen-bond donors (Lipinski definition) is 0. The number of imide groups is 1. The molecule has 1 heterocycles. The van der Waals surface area contributed by atoms with Crippen LogP contribution in [0.25, 0.3) is 6.08 Å². The zero-order chi connectivity index (χ0) is 22.7. The molecule has 1 fully saturated rings. The predicted molar refractivity (Wildman–Crippen MR) is 130 cm³/mol. The largest absolute Gasteiger partial charge is 0.488 e. The minimum absolute atomic E-state index is 0.232. The summed E-state index contributed by atoms with van der Waals surface area (Å²) < 4.78 is 5.96. The molecule has 0 aromatic heterocycles. The van der Waals surface area contributed by atoms with Gasteiger partial charge in [-0.15, -0.1) is 0 Å². The first-order valence-electron chi connectivity index (χ1n) is 9.87. The van der Waals surface area contributed by atoms with Crippen LogP contribution in [0.3, 0.4) is 0 Å². The van der Waals surface area contributed by atoms with Gasteiger partial charge in [-0.3, -0.25) is 14.5 Å². The van der Waals surface area contributed by atoms with E-state index in [4.69, 9.17) is 27.9 Å². The molecule has 0 bridgehead atoms. The lowest BCUT2D eigenvalue weighted by Gasteiger charge is -2.13. The Bertz CT molecular complexity index is 1210. The van der Waals surface area contributed by atoms with Gasteiger partial charge in [0.1, 0.15) is 12.4 Å². The second-order valence-corrected chi connectivity index (χ2v) is 9.22. The lowest BCUT2D eigenvalue weighted by Crippen LogP contribution is -2.27. The van der Waals surface area contributed by atoms with Crippen LogP contribution in [0.1, 0.15) is 22.3 Å². The molecule has 1 aliphatic rings. The number of carbonyl (C=O) groups is 2. The number of hydrogen-bond acceptors (Lipinski definition) is 4. The number of nitrogens with zero attached hydrogens (tertiary/aromatic N) is 1. The van der Waals surface area contributed by atoms with Crippen LogP contribution in [0.5, 0.6) is 5.75 Å². The Morgan fingerprint density at radius 2 is 1.69 bits per heavy atom. The summed E-state index contributed by atoms with van der Waals surface area (Å²) >= 11 is 13.1. The van der Waals surface area contributed by atoms with Gasteiger partial charge in [0, 0.05) is 15.6 Å². The third-order valence-electron chi connectivity index (χ3n) is 4.88. The van der Waals surface area contributed by atoms with Gasteiger partial charge in [-0.05, 0) is 66.2 Å². The maximum atomic E-state index is 12.9. The number of carbonyl (C=O) groups excluding carboxylic acids is 2. The molecule has 0 unspecified atom stereocenters. The van der Waals surface area contributed by atoms with E-state index in [1.54, 1.807) is 30.3 Å². The number of aryl methyl sites for hydroxylation is 1. The van der Waals surface area contributed by atoms with Crippen molar-refractivity contribution in [2.75, 3.05) is 0 Å². The average molecular weight is 484 g/mol. The van der Waals surface area contributed by atoms with E-state index in [0.717, 1.165) is 28.5 Å². The molecule has 0 N–H and O–H groups in total. The highest BCUT2D eigenvalue weighted by Gasteiger charge is 2.35. The molecular weight excluding hydrogens is 465 g/mol. The monoisotopic (exact) mass is 483 g/mol. The third-order valence-corrected chi connectivity index (χ3v) is 6.25. The van der Waals surface area contributed by atoms with E-state index in [9.17, 15) is 9.59 Å². The molecule has 0 spiro atoms. The highest BCUT2D eigenvalue weighted by molar-refractivity contribution is 8.18. The molecule has 4 rings (SSSR count). The summed E-state index contributed by atoms with van der Waals surface area (Å²) in [6.45, 7) is 2.53. The van der Waals surface area contributed by atoms with E-state index in [-0.39, 0.29) is 17.7 Å². The van der Waals surface area contributed by atoms with Gasteiger partial charge in [-0.1, -0.05) is 65.2 Å². The number of halogens is 2. The third kappa shape index (κ3) is 5.36. The van der Waals surface area contributed by atoms with Crippen LogP contribution in [0, 0.1) is 6.92 Å². The lowest BCUT2D eigenvalue weighted by atomic mass is 10.1. The van der Waals surface area contributed by atoms with E-state index in [0.29, 0.717) is 32.9 Å². The number of benzene rings is 3. The summed E-state index contributed by atoms with van der Waals surface area (Å²) in [4.78, 5) is 27.0. The topological polar surface area (TPSA) is 46.6 Å². The lowest BCUT2D eigenvalue weighted by molar-refractivity contribution is -0.123. The van der Waals surface area contributed by atoms with Crippen LogP contribution >= 0.6 is 35.0 Å². The predicted octanol–water partition coefficient (Wildman–Crippen LogP) is 7.12. The standard InChI is InChI=1S/C25H19Cl2NO3S/c1-16-5-7-17(8-6-16)14-28-24(29)23(32-25(28)30)13-19-12-21(27)9-10-22(19)31-15-18-3-2-4-20(26)11-18/h2-13H,14-15H2,1H3/b23-13+. The molecule has 3 aromatic rings. The molecule has 2 amide bonds. The van der Waals surface area contributed by atoms with Gasteiger partial charge in [-0.2, -0.15) is 0 Å². The molecule has 0 saturated carbocycles. The van der Waals surface area contributed by atoms with E-state index in [1.807, 2.05) is 49.4 Å². The highest BCUT2D eigenvalue weighted by atomic mass is 35.5. The van der Waals surface area contributed by atoms with Crippen molar-refractivity contribution in [3.05, 3.63) is 104 Å². The normalized spacial score (nSPS) is 15.0. The van der Waals surface area contributed by atoms with E-state index >= 15 is 0 Å². The van der Waals surface area contributed by atoms with Crippen LogP contribution < -0.4 is 4.74 Å². The summed E-state index contributed by atoms with van der Waals surface area (Å²) in [6, 6.07) is 20.3. The van der Waals surface area contributed by atoms with Gasteiger partial charge in [0.15, 0.2) is 0 Å². The Balaban J connectivity index is 1.55. The van der Waals surface area contributed by atoms with E-state index in [1.165, 1.54) is 4.90 Å². The van der Waals surface area contributed by atoms with E-state index < -0.39 is 0 Å². The van der Waals surface area contributed by atoms with Gasteiger partial charge in [-0.25, -0.2) is 0 Å². The number of ether oxygens (including phenoxy) is 1. The smallest absolute Gasteiger partial charge is 0.293 e. The molecule has 0 atom stereocenters. The van der Waals surface area contributed by atoms with Gasteiger partial charge in [0.25, 0.3) is 11.1 Å². The molecule has 3 aromatic carbocycles. The van der Waals surface area contributed by atoms with Gasteiger partial charge in [0.05, 0.1) is 11.4 Å². The zero-order valence-corrected chi connectivity index (χ0v) is 19.5. The fraction of sp³-hybridized carbons (Fsp3) is 0.120. The van der Waals surface area contributed by atoms with Crippen molar-refractivity contribution in [1.82, 2.24) is 4.90 Å². The maximum Gasteiger partial charge on any atom is 0.293 e. The average Bonchev–Trinajstić information content (AvgIpc) is 3.02. The molecule has 32 heavy (non-hydrogen) atoms. The van der Waals surface area contributed by atoms with Gasteiger partial charge < -0.3 is 4.74 Å². The molecular formula is C25H19Cl2NO3S. The van der Waals surface area contributed by atoms with Crippen molar-refractivity contribution >= 4 is 52.2 Å². The Hall–Kier alpha value is -2.73. The molecule has 162 valence electrons. The van der Waals surface area contributed by atoms with Crippen LogP contribution in [0.2, 0.25) is 10.0 Å². The van der Waals surface area contributed by atoms with Crippen molar-refractivity contribution in [2.45, 2.75) is 20.1 Å². The molecule has 4 nitrogen and oxygen atoms in total. The van der Waals surface area contributed by atoms with Crippen LogP contribution in [-0.4, -0.2) is 16.0 Å². The minimum Gasteiger partial charge on any atom is -0.488 e.